The molecule has 0 fully saturated rings. The van der Waals surface area contributed by atoms with Gasteiger partial charge in [-0.3, -0.25) is 0 Å². The van der Waals surface area contributed by atoms with Gasteiger partial charge in [0.15, 0.2) is 0 Å². The smallest absolute Gasteiger partial charge is 0.123 e. The van der Waals surface area contributed by atoms with Crippen molar-refractivity contribution in [2.45, 2.75) is 12.6 Å². The predicted molar refractivity (Wildman–Crippen MR) is 78.1 cm³/mol. The van der Waals surface area contributed by atoms with Crippen LogP contribution in [0.4, 0.5) is 0 Å². The first-order chi connectivity index (χ1) is 9.31. The first-order valence-corrected chi connectivity index (χ1v) is 6.44. The minimum absolute atomic E-state index is 0.0101. The minimum atomic E-state index is 0.0101. The van der Waals surface area contributed by atoms with Gasteiger partial charge in [0.1, 0.15) is 5.75 Å². The van der Waals surface area contributed by atoms with Crippen LogP contribution in [-0.2, 0) is 6.54 Å². The molecule has 3 nitrogen and oxygen atoms in total. The Morgan fingerprint density at radius 1 is 1.05 bits per heavy atom. The van der Waals surface area contributed by atoms with Crippen LogP contribution < -0.4 is 15.8 Å². The Balaban J connectivity index is 1.87. The maximum atomic E-state index is 6.14. The van der Waals surface area contributed by atoms with Crippen LogP contribution in [0.25, 0.3) is 0 Å². The predicted octanol–water partition coefficient (Wildman–Crippen LogP) is 2.48. The van der Waals surface area contributed by atoms with Crippen molar-refractivity contribution in [3.05, 3.63) is 65.7 Å². The summed E-state index contributed by atoms with van der Waals surface area (Å²) in [5.41, 5.74) is 8.43. The molecule has 0 spiro atoms. The third kappa shape index (κ3) is 3.81. The minimum Gasteiger partial charge on any atom is -0.496 e. The highest BCUT2D eigenvalue weighted by Crippen LogP contribution is 2.17. The average Bonchev–Trinajstić information content (AvgIpc) is 2.48. The van der Waals surface area contributed by atoms with Gasteiger partial charge in [0.05, 0.1) is 7.11 Å². The van der Waals surface area contributed by atoms with Crippen molar-refractivity contribution in [2.24, 2.45) is 5.73 Å². The Morgan fingerprint density at radius 2 is 1.74 bits per heavy atom. The van der Waals surface area contributed by atoms with Gasteiger partial charge < -0.3 is 15.8 Å². The summed E-state index contributed by atoms with van der Waals surface area (Å²) in [4.78, 5) is 0. The molecule has 1 unspecified atom stereocenters. The Morgan fingerprint density at radius 3 is 2.47 bits per heavy atom. The van der Waals surface area contributed by atoms with E-state index in [9.17, 15) is 0 Å². The van der Waals surface area contributed by atoms with Crippen LogP contribution in [-0.4, -0.2) is 13.7 Å². The number of ether oxygens (including phenoxy) is 1. The summed E-state index contributed by atoms with van der Waals surface area (Å²) in [5, 5.41) is 3.37. The van der Waals surface area contributed by atoms with Crippen LogP contribution in [0.2, 0.25) is 0 Å². The lowest BCUT2D eigenvalue weighted by Gasteiger charge is -2.14. The van der Waals surface area contributed by atoms with Crippen molar-refractivity contribution >= 4 is 0 Å². The first-order valence-electron chi connectivity index (χ1n) is 6.44. The third-order valence-corrected chi connectivity index (χ3v) is 3.10. The summed E-state index contributed by atoms with van der Waals surface area (Å²) in [6, 6.07) is 18.1. The van der Waals surface area contributed by atoms with Gasteiger partial charge in [-0.15, -0.1) is 0 Å². The molecule has 0 heterocycles. The first kappa shape index (κ1) is 13.6. The molecule has 0 saturated heterocycles. The average molecular weight is 256 g/mol. The second kappa shape index (κ2) is 6.92. The fraction of sp³-hybridized carbons (Fsp3) is 0.250. The number of rotatable bonds is 6. The summed E-state index contributed by atoms with van der Waals surface area (Å²) in [5.74, 6) is 0.906. The van der Waals surface area contributed by atoms with E-state index in [1.54, 1.807) is 7.11 Å². The number of benzene rings is 2. The zero-order valence-electron chi connectivity index (χ0n) is 11.2. The highest BCUT2D eigenvalue weighted by molar-refractivity contribution is 5.33. The Hall–Kier alpha value is -1.84. The summed E-state index contributed by atoms with van der Waals surface area (Å²) in [7, 11) is 1.69. The molecule has 0 aliphatic carbocycles. The lowest BCUT2D eigenvalue weighted by Crippen LogP contribution is -2.26. The van der Waals surface area contributed by atoms with Crippen molar-refractivity contribution in [1.29, 1.82) is 0 Å². The van der Waals surface area contributed by atoms with Gasteiger partial charge in [0.2, 0.25) is 0 Å². The van der Waals surface area contributed by atoms with Gasteiger partial charge >= 0.3 is 0 Å². The Bertz CT molecular complexity index is 499. The molecular weight excluding hydrogens is 236 g/mol. The van der Waals surface area contributed by atoms with E-state index in [1.807, 2.05) is 36.4 Å². The molecule has 3 heteroatoms. The van der Waals surface area contributed by atoms with Crippen molar-refractivity contribution in [1.82, 2.24) is 5.32 Å². The standard InChI is InChI=1S/C16H20N2O/c1-19-16-10-6-5-9-14(16)11-18-12-15(17)13-7-3-2-4-8-13/h2-10,15,18H,11-12,17H2,1H3. The second-order valence-electron chi connectivity index (χ2n) is 4.46. The van der Waals surface area contributed by atoms with E-state index in [-0.39, 0.29) is 6.04 Å². The number of nitrogens with one attached hydrogen (secondary N) is 1. The van der Waals surface area contributed by atoms with Crippen LogP contribution >= 0.6 is 0 Å². The third-order valence-electron chi connectivity index (χ3n) is 3.10. The lowest BCUT2D eigenvalue weighted by molar-refractivity contribution is 0.407. The zero-order valence-corrected chi connectivity index (χ0v) is 11.2. The van der Waals surface area contributed by atoms with Gasteiger partial charge in [0, 0.05) is 24.7 Å². The molecule has 3 N–H and O–H groups in total. The van der Waals surface area contributed by atoms with Gasteiger partial charge in [-0.1, -0.05) is 48.5 Å². The number of hydrogen-bond acceptors (Lipinski definition) is 3. The van der Waals surface area contributed by atoms with Crippen LogP contribution in [0.5, 0.6) is 5.75 Å². The van der Waals surface area contributed by atoms with Crippen LogP contribution in [0.3, 0.4) is 0 Å². The number of para-hydroxylation sites is 1. The summed E-state index contributed by atoms with van der Waals surface area (Å²) >= 11 is 0. The molecule has 0 aromatic heterocycles. The maximum Gasteiger partial charge on any atom is 0.123 e. The molecule has 100 valence electrons. The van der Waals surface area contributed by atoms with E-state index >= 15 is 0 Å². The number of hydrogen-bond donors (Lipinski definition) is 2. The highest BCUT2D eigenvalue weighted by Gasteiger charge is 2.06. The summed E-state index contributed by atoms with van der Waals surface area (Å²) in [6.07, 6.45) is 0. The molecule has 19 heavy (non-hydrogen) atoms. The molecule has 1 atom stereocenters. The topological polar surface area (TPSA) is 47.3 Å². The molecule has 0 aliphatic heterocycles. The largest absolute Gasteiger partial charge is 0.496 e. The molecular formula is C16H20N2O. The number of methoxy groups -OCH3 is 1. The molecule has 0 amide bonds. The van der Waals surface area contributed by atoms with E-state index in [2.05, 4.69) is 23.5 Å². The Labute approximate surface area is 114 Å². The highest BCUT2D eigenvalue weighted by atomic mass is 16.5. The van der Waals surface area contributed by atoms with E-state index in [0.29, 0.717) is 0 Å². The molecule has 0 saturated carbocycles. The van der Waals surface area contributed by atoms with Crippen molar-refractivity contribution in [3.8, 4) is 5.75 Å². The zero-order chi connectivity index (χ0) is 13.5. The number of nitrogens with two attached hydrogens (primary N) is 1. The van der Waals surface area contributed by atoms with Gasteiger partial charge in [-0.2, -0.15) is 0 Å². The molecule has 2 aromatic carbocycles. The van der Waals surface area contributed by atoms with Gasteiger partial charge in [-0.05, 0) is 11.6 Å². The van der Waals surface area contributed by atoms with Crippen molar-refractivity contribution < 1.29 is 4.74 Å². The van der Waals surface area contributed by atoms with Crippen LogP contribution in [0.1, 0.15) is 17.2 Å². The van der Waals surface area contributed by atoms with Crippen LogP contribution in [0, 0.1) is 0 Å². The van der Waals surface area contributed by atoms with Crippen LogP contribution in [0.15, 0.2) is 54.6 Å². The molecule has 2 rings (SSSR count). The molecule has 0 aliphatic rings. The molecule has 0 bridgehead atoms. The fourth-order valence-corrected chi connectivity index (χ4v) is 2.03. The Kier molecular flexibility index (Phi) is 4.95. The quantitative estimate of drug-likeness (QED) is 0.834. The normalized spacial score (nSPS) is 12.1. The van der Waals surface area contributed by atoms with E-state index in [1.165, 1.54) is 0 Å². The molecule has 2 aromatic rings. The van der Waals surface area contributed by atoms with E-state index in [0.717, 1.165) is 30.0 Å². The summed E-state index contributed by atoms with van der Waals surface area (Å²) in [6.45, 7) is 1.49. The van der Waals surface area contributed by atoms with Gasteiger partial charge in [0.25, 0.3) is 0 Å². The molecule has 0 radical (unpaired) electrons. The second-order valence-corrected chi connectivity index (χ2v) is 4.46. The lowest BCUT2D eigenvalue weighted by atomic mass is 10.1. The monoisotopic (exact) mass is 256 g/mol. The van der Waals surface area contributed by atoms with Crippen molar-refractivity contribution in [2.75, 3.05) is 13.7 Å². The maximum absolute atomic E-state index is 6.14. The fourth-order valence-electron chi connectivity index (χ4n) is 2.03. The SMILES string of the molecule is COc1ccccc1CNCC(N)c1ccccc1. The van der Waals surface area contributed by atoms with Gasteiger partial charge in [-0.25, -0.2) is 0 Å². The van der Waals surface area contributed by atoms with Crippen molar-refractivity contribution in [3.63, 3.8) is 0 Å². The van der Waals surface area contributed by atoms with E-state index < -0.39 is 0 Å². The van der Waals surface area contributed by atoms with E-state index in [4.69, 9.17) is 10.5 Å². The summed E-state index contributed by atoms with van der Waals surface area (Å²) < 4.78 is 5.32.